The van der Waals surface area contributed by atoms with E-state index in [0.717, 1.165) is 36.6 Å². The van der Waals surface area contributed by atoms with Crippen LogP contribution in [0.5, 0.6) is 0 Å². The Morgan fingerprint density at radius 2 is 1.93 bits per heavy atom. The van der Waals surface area contributed by atoms with E-state index in [1.54, 1.807) is 33.8 Å². The summed E-state index contributed by atoms with van der Waals surface area (Å²) in [5, 5.41) is 5.81. The SMILES string of the molecule is O=C(Cn1ccc2cc(S(=O)(=O)N3CCCCC3)ccc21)NCCc1cccs1. The molecular formula is C21H25N3O3S2. The van der Waals surface area contributed by atoms with Crippen molar-refractivity contribution in [1.29, 1.82) is 0 Å². The average molecular weight is 432 g/mol. The van der Waals surface area contributed by atoms with Crippen LogP contribution < -0.4 is 5.32 Å². The largest absolute Gasteiger partial charge is 0.354 e. The number of thiophene rings is 1. The topological polar surface area (TPSA) is 71.4 Å². The van der Waals surface area contributed by atoms with Gasteiger partial charge < -0.3 is 9.88 Å². The zero-order valence-corrected chi connectivity index (χ0v) is 17.8. The first-order chi connectivity index (χ1) is 14.0. The van der Waals surface area contributed by atoms with Gasteiger partial charge in [0.05, 0.1) is 4.90 Å². The van der Waals surface area contributed by atoms with Crippen molar-refractivity contribution in [2.45, 2.75) is 37.1 Å². The van der Waals surface area contributed by atoms with E-state index in [9.17, 15) is 13.2 Å². The minimum atomic E-state index is -3.46. The predicted octanol–water partition coefficient (Wildman–Crippen LogP) is 3.24. The van der Waals surface area contributed by atoms with Crippen LogP contribution in [0.15, 0.2) is 52.9 Å². The molecule has 0 aliphatic carbocycles. The fourth-order valence-corrected chi connectivity index (χ4v) is 5.98. The molecule has 0 atom stereocenters. The molecule has 0 unspecified atom stereocenters. The zero-order valence-electron chi connectivity index (χ0n) is 16.2. The van der Waals surface area contributed by atoms with Gasteiger partial charge in [-0.25, -0.2) is 8.42 Å². The lowest BCUT2D eigenvalue weighted by molar-refractivity contribution is -0.121. The summed E-state index contributed by atoms with van der Waals surface area (Å²) < 4.78 is 29.2. The molecule has 1 N–H and O–H groups in total. The van der Waals surface area contributed by atoms with Gasteiger partial charge >= 0.3 is 0 Å². The monoisotopic (exact) mass is 431 g/mol. The Hall–Kier alpha value is -2.16. The molecule has 1 aliphatic rings. The van der Waals surface area contributed by atoms with Crippen molar-refractivity contribution in [1.82, 2.24) is 14.2 Å². The van der Waals surface area contributed by atoms with Crippen LogP contribution in [0.25, 0.3) is 10.9 Å². The molecule has 3 aromatic rings. The molecule has 1 amide bonds. The van der Waals surface area contributed by atoms with E-state index < -0.39 is 10.0 Å². The number of nitrogens with zero attached hydrogens (tertiary/aromatic N) is 2. The van der Waals surface area contributed by atoms with Crippen LogP contribution in [-0.4, -0.2) is 42.8 Å². The number of hydrogen-bond acceptors (Lipinski definition) is 4. The number of nitrogens with one attached hydrogen (secondary N) is 1. The first-order valence-corrected chi connectivity index (χ1v) is 12.2. The van der Waals surface area contributed by atoms with Gasteiger partial charge in [-0.2, -0.15) is 4.31 Å². The van der Waals surface area contributed by atoms with Gasteiger partial charge in [0, 0.05) is 41.6 Å². The summed E-state index contributed by atoms with van der Waals surface area (Å²) in [6.07, 6.45) is 5.58. The Balaban J connectivity index is 1.43. The zero-order chi connectivity index (χ0) is 20.3. The second-order valence-electron chi connectivity index (χ2n) is 7.31. The second-order valence-corrected chi connectivity index (χ2v) is 10.3. The van der Waals surface area contributed by atoms with Crippen LogP contribution in [0.2, 0.25) is 0 Å². The average Bonchev–Trinajstić information content (AvgIpc) is 3.38. The smallest absolute Gasteiger partial charge is 0.243 e. The molecule has 0 saturated carbocycles. The number of piperidine rings is 1. The Bertz CT molecular complexity index is 1080. The number of hydrogen-bond donors (Lipinski definition) is 1. The van der Waals surface area contributed by atoms with Gasteiger partial charge in [-0.05, 0) is 55.0 Å². The standard InChI is InChI=1S/C21H25N3O3S2/c25-21(22-10-8-18-5-4-14-28-18)16-23-13-9-17-15-19(6-7-20(17)23)29(26,27)24-11-2-1-3-12-24/h4-7,9,13-15H,1-3,8,10-12,16H2,(H,22,25). The first-order valence-electron chi connectivity index (χ1n) is 9.92. The fraction of sp³-hybridized carbons (Fsp3) is 0.381. The highest BCUT2D eigenvalue weighted by molar-refractivity contribution is 7.89. The molecule has 1 aliphatic heterocycles. The highest BCUT2D eigenvalue weighted by atomic mass is 32.2. The number of benzene rings is 1. The van der Waals surface area contributed by atoms with E-state index in [-0.39, 0.29) is 12.5 Å². The summed E-state index contributed by atoms with van der Waals surface area (Å²) in [6, 6.07) is 11.1. The van der Waals surface area contributed by atoms with Gasteiger partial charge in [-0.1, -0.05) is 12.5 Å². The maximum absolute atomic E-state index is 12.9. The highest BCUT2D eigenvalue weighted by Gasteiger charge is 2.26. The van der Waals surface area contributed by atoms with Crippen LogP contribution in [0, 0.1) is 0 Å². The lowest BCUT2D eigenvalue weighted by Gasteiger charge is -2.25. The number of rotatable bonds is 7. The lowest BCUT2D eigenvalue weighted by Crippen LogP contribution is -2.35. The van der Waals surface area contributed by atoms with Gasteiger partial charge in [0.25, 0.3) is 0 Å². The Kier molecular flexibility index (Phi) is 6.03. The number of carbonyl (C=O) groups is 1. The molecule has 1 saturated heterocycles. The van der Waals surface area contributed by atoms with Crippen molar-refractivity contribution in [2.75, 3.05) is 19.6 Å². The Morgan fingerprint density at radius 3 is 2.69 bits per heavy atom. The maximum atomic E-state index is 12.9. The number of fused-ring (bicyclic) bond motifs is 1. The second kappa shape index (κ2) is 8.69. The van der Waals surface area contributed by atoms with Crippen molar-refractivity contribution in [3.8, 4) is 0 Å². The minimum absolute atomic E-state index is 0.0518. The van der Waals surface area contributed by atoms with Gasteiger partial charge in [0.2, 0.25) is 15.9 Å². The van der Waals surface area contributed by atoms with Crippen LogP contribution in [-0.2, 0) is 27.8 Å². The third kappa shape index (κ3) is 4.55. The molecule has 8 heteroatoms. The predicted molar refractivity (Wildman–Crippen MR) is 116 cm³/mol. The molecular weight excluding hydrogens is 406 g/mol. The van der Waals surface area contributed by atoms with Gasteiger partial charge in [-0.15, -0.1) is 11.3 Å². The summed E-state index contributed by atoms with van der Waals surface area (Å²) >= 11 is 1.69. The van der Waals surface area contributed by atoms with E-state index >= 15 is 0 Å². The molecule has 1 aromatic carbocycles. The molecule has 4 rings (SSSR count). The van der Waals surface area contributed by atoms with E-state index in [2.05, 4.69) is 11.4 Å². The Labute approximate surface area is 175 Å². The summed E-state index contributed by atoms with van der Waals surface area (Å²) in [7, 11) is -3.46. The fourth-order valence-electron chi connectivity index (χ4n) is 3.72. The van der Waals surface area contributed by atoms with E-state index in [1.165, 1.54) is 4.88 Å². The van der Waals surface area contributed by atoms with E-state index in [4.69, 9.17) is 0 Å². The van der Waals surface area contributed by atoms with Gasteiger partial charge in [0.1, 0.15) is 6.54 Å². The third-order valence-corrected chi connectivity index (χ3v) is 8.11. The van der Waals surface area contributed by atoms with Crippen molar-refractivity contribution in [3.05, 3.63) is 52.9 Å². The van der Waals surface area contributed by atoms with E-state index in [1.807, 2.05) is 28.3 Å². The summed E-state index contributed by atoms with van der Waals surface area (Å²) in [5.74, 6) is -0.0518. The lowest BCUT2D eigenvalue weighted by atomic mass is 10.2. The van der Waals surface area contributed by atoms with Crippen molar-refractivity contribution in [2.24, 2.45) is 0 Å². The summed E-state index contributed by atoms with van der Waals surface area (Å²) in [6.45, 7) is 2.00. The summed E-state index contributed by atoms with van der Waals surface area (Å²) in [5.41, 5.74) is 0.857. The number of sulfonamides is 1. The first kappa shape index (κ1) is 20.1. The molecule has 1 fully saturated rings. The van der Waals surface area contributed by atoms with Gasteiger partial charge in [-0.3, -0.25) is 4.79 Å². The molecule has 0 bridgehead atoms. The molecule has 0 spiro atoms. The van der Waals surface area contributed by atoms with Crippen LogP contribution in [0.1, 0.15) is 24.1 Å². The van der Waals surface area contributed by atoms with Crippen LogP contribution in [0.4, 0.5) is 0 Å². The van der Waals surface area contributed by atoms with Crippen molar-refractivity contribution < 1.29 is 13.2 Å². The molecule has 2 aromatic heterocycles. The third-order valence-electron chi connectivity index (χ3n) is 5.28. The van der Waals surface area contributed by atoms with Gasteiger partial charge in [0.15, 0.2) is 0 Å². The quantitative estimate of drug-likeness (QED) is 0.624. The van der Waals surface area contributed by atoms with Crippen molar-refractivity contribution >= 4 is 38.2 Å². The minimum Gasteiger partial charge on any atom is -0.354 e. The number of amides is 1. The molecule has 0 radical (unpaired) electrons. The molecule has 29 heavy (non-hydrogen) atoms. The maximum Gasteiger partial charge on any atom is 0.243 e. The highest BCUT2D eigenvalue weighted by Crippen LogP contribution is 2.25. The number of aromatic nitrogens is 1. The normalized spacial score (nSPS) is 15.6. The van der Waals surface area contributed by atoms with Crippen LogP contribution in [0.3, 0.4) is 0 Å². The Morgan fingerprint density at radius 1 is 1.10 bits per heavy atom. The van der Waals surface area contributed by atoms with E-state index in [0.29, 0.717) is 24.5 Å². The molecule has 154 valence electrons. The number of carbonyl (C=O) groups excluding carboxylic acids is 1. The molecule has 6 nitrogen and oxygen atoms in total. The van der Waals surface area contributed by atoms with Crippen molar-refractivity contribution in [3.63, 3.8) is 0 Å². The molecule has 3 heterocycles. The van der Waals surface area contributed by atoms with Crippen LogP contribution >= 0.6 is 11.3 Å². The summed E-state index contributed by atoms with van der Waals surface area (Å²) in [4.78, 5) is 13.9.